The van der Waals surface area contributed by atoms with Crippen LogP contribution in [0.25, 0.3) is 0 Å². The van der Waals surface area contributed by atoms with Crippen molar-refractivity contribution in [3.63, 3.8) is 0 Å². The molecular formula is C12H11ClO4. The van der Waals surface area contributed by atoms with Gasteiger partial charge in [-0.15, -0.1) is 0 Å². The number of hydrogen-bond acceptors (Lipinski definition) is 3. The summed E-state index contributed by atoms with van der Waals surface area (Å²) < 4.78 is 5.30. The number of aryl methyl sites for hydroxylation is 1. The molecule has 1 N–H and O–H groups in total. The molecule has 1 unspecified atom stereocenters. The molecule has 90 valence electrons. The molecule has 0 saturated heterocycles. The van der Waals surface area contributed by atoms with Gasteiger partial charge >= 0.3 is 5.97 Å². The summed E-state index contributed by atoms with van der Waals surface area (Å²) >= 11 is 6.05. The van der Waals surface area contributed by atoms with Crippen LogP contribution < -0.4 is 4.74 Å². The first-order valence-electron chi connectivity index (χ1n) is 5.14. The minimum absolute atomic E-state index is 0.150. The highest BCUT2D eigenvalue weighted by molar-refractivity contribution is 6.32. The van der Waals surface area contributed by atoms with Crippen molar-refractivity contribution in [3.05, 3.63) is 27.8 Å². The molecule has 5 heteroatoms. The minimum atomic E-state index is -1.13. The number of benzene rings is 1. The van der Waals surface area contributed by atoms with E-state index in [-0.39, 0.29) is 12.2 Å². The summed E-state index contributed by atoms with van der Waals surface area (Å²) in [4.78, 5) is 22.7. The molecule has 0 bridgehead atoms. The van der Waals surface area contributed by atoms with E-state index in [1.54, 1.807) is 19.9 Å². The summed E-state index contributed by atoms with van der Waals surface area (Å²) in [5.74, 6) is -1.06. The maximum absolute atomic E-state index is 11.9. The Labute approximate surface area is 103 Å². The Balaban J connectivity index is 2.57. The predicted molar refractivity (Wildman–Crippen MR) is 61.9 cm³/mol. The number of halogens is 1. The van der Waals surface area contributed by atoms with Gasteiger partial charge in [0, 0.05) is 5.02 Å². The fourth-order valence-electron chi connectivity index (χ4n) is 1.97. The number of carbonyl (C=O) groups excluding carboxylic acids is 1. The van der Waals surface area contributed by atoms with E-state index in [0.717, 1.165) is 5.56 Å². The molecule has 0 aliphatic carbocycles. The molecule has 1 atom stereocenters. The van der Waals surface area contributed by atoms with Crippen molar-refractivity contribution in [1.82, 2.24) is 0 Å². The average molecular weight is 255 g/mol. The second kappa shape index (κ2) is 4.04. The van der Waals surface area contributed by atoms with Crippen molar-refractivity contribution >= 4 is 23.4 Å². The minimum Gasteiger partial charge on any atom is -0.478 e. The molecule has 1 aliphatic heterocycles. The molecule has 4 nitrogen and oxygen atoms in total. The molecule has 2 rings (SSSR count). The Kier molecular flexibility index (Phi) is 2.83. The number of fused-ring (bicyclic) bond motifs is 1. The van der Waals surface area contributed by atoms with Crippen LogP contribution in [0.4, 0.5) is 0 Å². The topological polar surface area (TPSA) is 63.6 Å². The molecule has 0 fully saturated rings. The molecule has 0 spiro atoms. The van der Waals surface area contributed by atoms with Crippen LogP contribution in [0, 0.1) is 13.8 Å². The monoisotopic (exact) mass is 254 g/mol. The fraction of sp³-hybridized carbons (Fsp3) is 0.333. The normalized spacial score (nSPS) is 18.5. The Bertz CT molecular complexity index is 522. The van der Waals surface area contributed by atoms with Crippen LogP contribution in [0.15, 0.2) is 6.07 Å². The van der Waals surface area contributed by atoms with Gasteiger partial charge in [0.15, 0.2) is 5.78 Å². The van der Waals surface area contributed by atoms with E-state index in [9.17, 15) is 9.59 Å². The van der Waals surface area contributed by atoms with Crippen molar-refractivity contribution in [2.75, 3.05) is 0 Å². The van der Waals surface area contributed by atoms with Gasteiger partial charge in [-0.2, -0.15) is 0 Å². The van der Waals surface area contributed by atoms with Crippen molar-refractivity contribution in [2.24, 2.45) is 0 Å². The maximum Gasteiger partial charge on any atom is 0.345 e. The van der Waals surface area contributed by atoms with Crippen molar-refractivity contribution in [2.45, 2.75) is 26.4 Å². The fourth-order valence-corrected chi connectivity index (χ4v) is 2.11. The molecule has 0 radical (unpaired) electrons. The smallest absolute Gasteiger partial charge is 0.345 e. The van der Waals surface area contributed by atoms with Gasteiger partial charge in [0.25, 0.3) is 0 Å². The summed E-state index contributed by atoms with van der Waals surface area (Å²) in [6.45, 7) is 3.52. The van der Waals surface area contributed by atoms with Crippen molar-refractivity contribution in [3.8, 4) is 5.75 Å². The van der Waals surface area contributed by atoms with Gasteiger partial charge in [0.2, 0.25) is 6.10 Å². The molecule has 0 amide bonds. The lowest BCUT2D eigenvalue weighted by Gasteiger charge is -2.24. The molecule has 1 aliphatic rings. The Morgan fingerprint density at radius 3 is 2.76 bits per heavy atom. The van der Waals surface area contributed by atoms with E-state index < -0.39 is 12.1 Å². The third kappa shape index (κ3) is 1.89. The summed E-state index contributed by atoms with van der Waals surface area (Å²) in [7, 11) is 0. The average Bonchev–Trinajstić information content (AvgIpc) is 2.25. The van der Waals surface area contributed by atoms with E-state index >= 15 is 0 Å². The second-order valence-corrected chi connectivity index (χ2v) is 4.46. The summed E-state index contributed by atoms with van der Waals surface area (Å²) in [6, 6.07) is 1.61. The van der Waals surface area contributed by atoms with Crippen LogP contribution in [0.3, 0.4) is 0 Å². The number of hydrogen-bond donors (Lipinski definition) is 1. The third-order valence-corrected chi connectivity index (χ3v) is 3.42. The van der Waals surface area contributed by atoms with Crippen LogP contribution in [-0.4, -0.2) is 23.0 Å². The third-order valence-electron chi connectivity index (χ3n) is 2.84. The lowest BCUT2D eigenvalue weighted by molar-refractivity contribution is -0.145. The highest BCUT2D eigenvalue weighted by Crippen LogP contribution is 2.36. The SMILES string of the molecule is Cc1cc2c(c(C)c1Cl)C(=O)CC(C(=O)O)O2. The van der Waals surface area contributed by atoms with Crippen LogP contribution in [-0.2, 0) is 4.79 Å². The van der Waals surface area contributed by atoms with E-state index in [4.69, 9.17) is 21.4 Å². The van der Waals surface area contributed by atoms with Crippen LogP contribution in [0.1, 0.15) is 27.9 Å². The van der Waals surface area contributed by atoms with E-state index in [1.165, 1.54) is 0 Å². The number of ether oxygens (including phenoxy) is 1. The number of ketones is 1. The van der Waals surface area contributed by atoms with Gasteiger partial charge in [0.1, 0.15) is 5.75 Å². The van der Waals surface area contributed by atoms with E-state index in [2.05, 4.69) is 0 Å². The molecule has 1 heterocycles. The Morgan fingerprint density at radius 1 is 1.53 bits per heavy atom. The summed E-state index contributed by atoms with van der Waals surface area (Å²) in [5.41, 5.74) is 1.82. The summed E-state index contributed by atoms with van der Waals surface area (Å²) in [5, 5.41) is 9.39. The largest absolute Gasteiger partial charge is 0.478 e. The van der Waals surface area contributed by atoms with Gasteiger partial charge in [0.05, 0.1) is 12.0 Å². The zero-order valence-electron chi connectivity index (χ0n) is 9.41. The van der Waals surface area contributed by atoms with Crippen LogP contribution >= 0.6 is 11.6 Å². The van der Waals surface area contributed by atoms with E-state index in [1.807, 2.05) is 0 Å². The molecule has 0 aromatic heterocycles. The van der Waals surface area contributed by atoms with Crippen molar-refractivity contribution in [1.29, 1.82) is 0 Å². The lowest BCUT2D eigenvalue weighted by atomic mass is 9.95. The summed E-state index contributed by atoms with van der Waals surface area (Å²) in [6.07, 6.45) is -1.25. The first kappa shape index (κ1) is 11.9. The molecule has 1 aromatic rings. The van der Waals surface area contributed by atoms with Crippen LogP contribution in [0.5, 0.6) is 5.75 Å². The highest BCUT2D eigenvalue weighted by atomic mass is 35.5. The van der Waals surface area contributed by atoms with Gasteiger partial charge in [-0.1, -0.05) is 11.6 Å². The first-order chi connectivity index (χ1) is 7.91. The Hall–Kier alpha value is -1.55. The molecule has 17 heavy (non-hydrogen) atoms. The second-order valence-electron chi connectivity index (χ2n) is 4.08. The Morgan fingerprint density at radius 2 is 2.18 bits per heavy atom. The lowest BCUT2D eigenvalue weighted by Crippen LogP contribution is -2.34. The number of Topliss-reactive ketones (excluding diaryl/α,β-unsaturated/α-hetero) is 1. The molecular weight excluding hydrogens is 244 g/mol. The van der Waals surface area contributed by atoms with E-state index in [0.29, 0.717) is 21.9 Å². The number of carboxylic acids is 1. The highest BCUT2D eigenvalue weighted by Gasteiger charge is 2.33. The maximum atomic E-state index is 11.9. The number of carbonyl (C=O) groups is 2. The quantitative estimate of drug-likeness (QED) is 0.836. The first-order valence-corrected chi connectivity index (χ1v) is 5.52. The number of carboxylic acid groups (broad SMARTS) is 1. The zero-order chi connectivity index (χ0) is 12.7. The van der Waals surface area contributed by atoms with Gasteiger partial charge in [-0.05, 0) is 31.0 Å². The van der Waals surface area contributed by atoms with Crippen LogP contribution in [0.2, 0.25) is 5.02 Å². The number of aliphatic carboxylic acids is 1. The van der Waals surface area contributed by atoms with Crippen molar-refractivity contribution < 1.29 is 19.4 Å². The predicted octanol–water partition coefficient (Wildman–Crippen LogP) is 2.38. The standard InChI is InChI=1S/C12H11ClO4/c1-5-3-8-10(6(2)11(5)13)7(14)4-9(17-8)12(15)16/h3,9H,4H2,1-2H3,(H,15,16). The number of rotatable bonds is 1. The van der Waals surface area contributed by atoms with Gasteiger partial charge in [-0.3, -0.25) is 4.79 Å². The molecule has 0 saturated carbocycles. The molecule has 1 aromatic carbocycles. The zero-order valence-corrected chi connectivity index (χ0v) is 10.2. The van der Waals surface area contributed by atoms with Gasteiger partial charge < -0.3 is 9.84 Å². The van der Waals surface area contributed by atoms with Gasteiger partial charge in [-0.25, -0.2) is 4.79 Å².